The van der Waals surface area contributed by atoms with Gasteiger partial charge in [-0.3, -0.25) is 9.59 Å². The number of thiazole rings is 1. The van der Waals surface area contributed by atoms with Crippen molar-refractivity contribution in [3.63, 3.8) is 0 Å². The fourth-order valence-electron chi connectivity index (χ4n) is 2.22. The van der Waals surface area contributed by atoms with Crippen molar-refractivity contribution in [2.24, 2.45) is 0 Å². The Balaban J connectivity index is 1.57. The first-order valence-electron chi connectivity index (χ1n) is 8.01. The molecule has 11 heteroatoms. The summed E-state index contributed by atoms with van der Waals surface area (Å²) in [6, 6.07) is 3.97. The molecule has 8 nitrogen and oxygen atoms in total. The van der Waals surface area contributed by atoms with E-state index >= 15 is 0 Å². The molecule has 3 aromatic rings. The number of amides is 1. The molecule has 0 unspecified atom stereocenters. The summed E-state index contributed by atoms with van der Waals surface area (Å²) in [6.07, 6.45) is 0.0860. The van der Waals surface area contributed by atoms with Crippen LogP contribution in [0.3, 0.4) is 0 Å². The summed E-state index contributed by atoms with van der Waals surface area (Å²) in [6.45, 7) is 2.73. The normalized spacial score (nSPS) is 10.7. The van der Waals surface area contributed by atoms with E-state index < -0.39 is 0 Å². The second kappa shape index (κ2) is 9.11. The summed E-state index contributed by atoms with van der Waals surface area (Å²) in [5.74, 6) is 0.438. The van der Waals surface area contributed by atoms with Crippen molar-refractivity contribution in [2.75, 3.05) is 18.2 Å². The van der Waals surface area contributed by atoms with Crippen LogP contribution < -0.4 is 5.32 Å². The number of aromatic nitrogens is 4. The zero-order valence-corrected chi connectivity index (χ0v) is 17.1. The van der Waals surface area contributed by atoms with Gasteiger partial charge >= 0.3 is 5.97 Å². The molecular weight excluding hydrogens is 406 g/mol. The van der Waals surface area contributed by atoms with Crippen LogP contribution in [-0.4, -0.2) is 44.5 Å². The largest absolute Gasteiger partial charge is 0.469 e. The van der Waals surface area contributed by atoms with E-state index in [1.807, 2.05) is 29.0 Å². The van der Waals surface area contributed by atoms with Crippen LogP contribution in [0.15, 0.2) is 28.0 Å². The molecule has 0 saturated carbocycles. The number of ether oxygens (including phenoxy) is 1. The maximum Gasteiger partial charge on any atom is 0.311 e. The first kappa shape index (κ1) is 19.5. The highest BCUT2D eigenvalue weighted by Gasteiger charge is 2.16. The average molecular weight is 424 g/mol. The predicted octanol–water partition coefficient (Wildman–Crippen LogP) is 2.93. The molecule has 27 heavy (non-hydrogen) atoms. The number of thiophene rings is 1. The molecule has 0 radical (unpaired) electrons. The standard InChI is InChI=1S/C16H17N5O3S3/c1-3-21-14(11-5-4-6-25-11)19-20-16(21)27-9-12(22)18-15-17-10(8-26-15)7-13(23)24-2/h4-6,8H,3,7,9H2,1-2H3,(H,17,18,22). The van der Waals surface area contributed by atoms with Gasteiger partial charge in [0.05, 0.1) is 29.9 Å². The third kappa shape index (κ3) is 4.93. The number of methoxy groups -OCH3 is 1. The quantitative estimate of drug-likeness (QED) is 0.439. The molecule has 0 aliphatic rings. The van der Waals surface area contributed by atoms with Gasteiger partial charge in [-0.15, -0.1) is 32.9 Å². The molecule has 0 aliphatic heterocycles. The summed E-state index contributed by atoms with van der Waals surface area (Å²) in [7, 11) is 1.33. The van der Waals surface area contributed by atoms with E-state index in [1.54, 1.807) is 16.7 Å². The Morgan fingerprint density at radius 2 is 2.19 bits per heavy atom. The summed E-state index contributed by atoms with van der Waals surface area (Å²) < 4.78 is 6.59. The second-order valence-electron chi connectivity index (χ2n) is 5.26. The van der Waals surface area contributed by atoms with Gasteiger partial charge in [-0.05, 0) is 18.4 Å². The maximum absolute atomic E-state index is 12.2. The van der Waals surface area contributed by atoms with Gasteiger partial charge in [-0.2, -0.15) is 0 Å². The lowest BCUT2D eigenvalue weighted by Gasteiger charge is -2.06. The van der Waals surface area contributed by atoms with Crippen LogP contribution in [0.2, 0.25) is 0 Å². The smallest absolute Gasteiger partial charge is 0.311 e. The van der Waals surface area contributed by atoms with Crippen LogP contribution in [0.1, 0.15) is 12.6 Å². The van der Waals surface area contributed by atoms with Gasteiger partial charge in [-0.25, -0.2) is 4.98 Å². The van der Waals surface area contributed by atoms with Crippen LogP contribution >= 0.6 is 34.4 Å². The number of nitrogens with zero attached hydrogens (tertiary/aromatic N) is 4. The number of thioether (sulfide) groups is 1. The predicted molar refractivity (Wildman–Crippen MR) is 106 cm³/mol. The Labute approximate surface area is 168 Å². The number of rotatable bonds is 8. The Morgan fingerprint density at radius 1 is 1.33 bits per heavy atom. The van der Waals surface area contributed by atoms with Crippen molar-refractivity contribution in [2.45, 2.75) is 25.0 Å². The highest BCUT2D eigenvalue weighted by atomic mass is 32.2. The third-order valence-corrected chi connectivity index (χ3v) is 6.10. The van der Waals surface area contributed by atoms with E-state index in [2.05, 4.69) is 25.2 Å². The number of nitrogens with one attached hydrogen (secondary N) is 1. The van der Waals surface area contributed by atoms with Crippen molar-refractivity contribution in [1.82, 2.24) is 19.7 Å². The van der Waals surface area contributed by atoms with Crippen molar-refractivity contribution in [3.8, 4) is 10.7 Å². The van der Waals surface area contributed by atoms with Crippen LogP contribution in [0.4, 0.5) is 5.13 Å². The van der Waals surface area contributed by atoms with E-state index in [1.165, 1.54) is 30.2 Å². The van der Waals surface area contributed by atoms with Gasteiger partial charge in [0, 0.05) is 11.9 Å². The summed E-state index contributed by atoms with van der Waals surface area (Å²) in [5, 5.41) is 16.1. The number of carbonyl (C=O) groups excluding carboxylic acids is 2. The van der Waals surface area contributed by atoms with Crippen LogP contribution in [0.5, 0.6) is 0 Å². The highest BCUT2D eigenvalue weighted by Crippen LogP contribution is 2.27. The monoisotopic (exact) mass is 423 g/mol. The van der Waals surface area contributed by atoms with Gasteiger partial charge in [0.2, 0.25) is 5.91 Å². The van der Waals surface area contributed by atoms with E-state index in [0.29, 0.717) is 22.5 Å². The van der Waals surface area contributed by atoms with Crippen molar-refractivity contribution >= 4 is 51.4 Å². The van der Waals surface area contributed by atoms with Crippen molar-refractivity contribution in [3.05, 3.63) is 28.6 Å². The van der Waals surface area contributed by atoms with Gasteiger partial charge in [0.15, 0.2) is 16.1 Å². The summed E-state index contributed by atoms with van der Waals surface area (Å²) >= 11 is 4.19. The molecule has 1 N–H and O–H groups in total. The molecule has 0 bridgehead atoms. The number of esters is 1. The van der Waals surface area contributed by atoms with Crippen molar-refractivity contribution < 1.29 is 14.3 Å². The molecule has 3 aromatic heterocycles. The Bertz CT molecular complexity index is 920. The lowest BCUT2D eigenvalue weighted by atomic mass is 10.3. The number of hydrogen-bond acceptors (Lipinski definition) is 9. The van der Waals surface area contributed by atoms with Gasteiger partial charge in [-0.1, -0.05) is 17.8 Å². The molecule has 0 saturated heterocycles. The molecular formula is C16H17N5O3S3. The SMILES string of the molecule is CCn1c(SCC(=O)Nc2nc(CC(=O)OC)cs2)nnc1-c1cccs1. The molecule has 0 aliphatic carbocycles. The molecule has 142 valence electrons. The fraction of sp³-hybridized carbons (Fsp3) is 0.312. The lowest BCUT2D eigenvalue weighted by Crippen LogP contribution is -2.14. The minimum atomic E-state index is -0.367. The average Bonchev–Trinajstić information content (AvgIpc) is 3.40. The Morgan fingerprint density at radius 3 is 2.89 bits per heavy atom. The Hall–Kier alpha value is -2.24. The van der Waals surface area contributed by atoms with E-state index in [0.717, 1.165) is 10.7 Å². The molecule has 1 amide bonds. The molecule has 3 heterocycles. The van der Waals surface area contributed by atoms with Crippen LogP contribution in [0.25, 0.3) is 10.7 Å². The number of carbonyl (C=O) groups is 2. The fourth-order valence-corrected chi connectivity index (χ4v) is 4.47. The first-order chi connectivity index (χ1) is 13.1. The zero-order valence-electron chi connectivity index (χ0n) is 14.7. The van der Waals surface area contributed by atoms with Crippen LogP contribution in [0, 0.1) is 0 Å². The molecule has 0 atom stereocenters. The zero-order chi connectivity index (χ0) is 19.2. The topological polar surface area (TPSA) is 99.0 Å². The highest BCUT2D eigenvalue weighted by molar-refractivity contribution is 7.99. The first-order valence-corrected chi connectivity index (χ1v) is 10.8. The minimum Gasteiger partial charge on any atom is -0.469 e. The van der Waals surface area contributed by atoms with E-state index in [9.17, 15) is 9.59 Å². The maximum atomic E-state index is 12.2. The number of anilines is 1. The minimum absolute atomic E-state index is 0.0860. The van der Waals surface area contributed by atoms with Crippen molar-refractivity contribution in [1.29, 1.82) is 0 Å². The summed E-state index contributed by atoms with van der Waals surface area (Å²) in [4.78, 5) is 28.7. The van der Waals surface area contributed by atoms with E-state index in [-0.39, 0.29) is 24.1 Å². The third-order valence-electron chi connectivity index (χ3n) is 3.46. The van der Waals surface area contributed by atoms with Crippen LogP contribution in [-0.2, 0) is 27.3 Å². The Kier molecular flexibility index (Phi) is 6.58. The second-order valence-corrected chi connectivity index (χ2v) is 8.01. The molecule has 0 aromatic carbocycles. The molecule has 0 spiro atoms. The van der Waals surface area contributed by atoms with E-state index in [4.69, 9.17) is 0 Å². The molecule has 0 fully saturated rings. The number of hydrogen-bond donors (Lipinski definition) is 1. The van der Waals surface area contributed by atoms with Gasteiger partial charge < -0.3 is 14.6 Å². The molecule has 3 rings (SSSR count). The lowest BCUT2D eigenvalue weighted by molar-refractivity contribution is -0.139. The summed E-state index contributed by atoms with van der Waals surface area (Å²) in [5.41, 5.74) is 0.570. The van der Waals surface area contributed by atoms with Gasteiger partial charge in [0.1, 0.15) is 0 Å². The van der Waals surface area contributed by atoms with Gasteiger partial charge in [0.25, 0.3) is 0 Å².